The SMILES string of the molecule is COc1cccc(N2C[C@@H](C(=O)NCc3ccc(-c4ccc(F)cc4)o3)CC2=O)c1. The Kier molecular flexibility index (Phi) is 5.52. The van der Waals surface area contributed by atoms with Crippen molar-refractivity contribution in [2.24, 2.45) is 5.92 Å². The van der Waals surface area contributed by atoms with Crippen molar-refractivity contribution in [3.8, 4) is 17.1 Å². The van der Waals surface area contributed by atoms with Crippen molar-refractivity contribution >= 4 is 17.5 Å². The van der Waals surface area contributed by atoms with Gasteiger partial charge in [0.25, 0.3) is 0 Å². The fourth-order valence-corrected chi connectivity index (χ4v) is 3.47. The highest BCUT2D eigenvalue weighted by Crippen LogP contribution is 2.28. The van der Waals surface area contributed by atoms with Gasteiger partial charge >= 0.3 is 0 Å². The molecule has 0 spiro atoms. The summed E-state index contributed by atoms with van der Waals surface area (Å²) in [5.41, 5.74) is 1.47. The molecule has 0 saturated carbocycles. The number of methoxy groups -OCH3 is 1. The smallest absolute Gasteiger partial charge is 0.227 e. The zero-order chi connectivity index (χ0) is 21.1. The van der Waals surface area contributed by atoms with E-state index in [2.05, 4.69) is 5.32 Å². The van der Waals surface area contributed by atoms with Crippen molar-refractivity contribution in [1.82, 2.24) is 5.32 Å². The fraction of sp³-hybridized carbons (Fsp3) is 0.217. The topological polar surface area (TPSA) is 71.8 Å². The van der Waals surface area contributed by atoms with E-state index in [4.69, 9.17) is 9.15 Å². The van der Waals surface area contributed by atoms with Crippen LogP contribution in [0.4, 0.5) is 10.1 Å². The predicted molar refractivity (Wildman–Crippen MR) is 109 cm³/mol. The molecule has 0 unspecified atom stereocenters. The third-order valence-electron chi connectivity index (χ3n) is 5.09. The Morgan fingerprint density at radius 1 is 1.20 bits per heavy atom. The number of carbonyl (C=O) groups is 2. The molecule has 7 heteroatoms. The molecule has 1 fully saturated rings. The number of nitrogens with zero attached hydrogens (tertiary/aromatic N) is 1. The van der Waals surface area contributed by atoms with E-state index in [0.717, 1.165) is 5.56 Å². The van der Waals surface area contributed by atoms with Crippen LogP contribution < -0.4 is 15.0 Å². The van der Waals surface area contributed by atoms with E-state index in [1.54, 1.807) is 48.4 Å². The van der Waals surface area contributed by atoms with Crippen LogP contribution in [0.5, 0.6) is 5.75 Å². The first-order chi connectivity index (χ1) is 14.5. The largest absolute Gasteiger partial charge is 0.497 e. The lowest BCUT2D eigenvalue weighted by Gasteiger charge is -2.17. The molecule has 1 atom stereocenters. The summed E-state index contributed by atoms with van der Waals surface area (Å²) in [6, 6.07) is 16.7. The molecule has 1 aliphatic rings. The molecule has 1 saturated heterocycles. The third-order valence-corrected chi connectivity index (χ3v) is 5.09. The summed E-state index contributed by atoms with van der Waals surface area (Å²) in [6.07, 6.45) is 0.155. The molecule has 2 aromatic carbocycles. The summed E-state index contributed by atoms with van der Waals surface area (Å²) in [6.45, 7) is 0.528. The van der Waals surface area contributed by atoms with Gasteiger partial charge in [0.1, 0.15) is 23.1 Å². The summed E-state index contributed by atoms with van der Waals surface area (Å²) in [4.78, 5) is 26.6. The number of ether oxygens (including phenoxy) is 1. The zero-order valence-corrected chi connectivity index (χ0v) is 16.4. The molecule has 1 aliphatic heterocycles. The van der Waals surface area contributed by atoms with Crippen LogP contribution in [0.25, 0.3) is 11.3 Å². The number of hydrogen-bond acceptors (Lipinski definition) is 4. The number of rotatable bonds is 6. The summed E-state index contributed by atoms with van der Waals surface area (Å²) < 4.78 is 24.0. The Balaban J connectivity index is 1.35. The van der Waals surface area contributed by atoms with Gasteiger partial charge < -0.3 is 19.4 Å². The average molecular weight is 408 g/mol. The van der Waals surface area contributed by atoms with Crippen molar-refractivity contribution < 1.29 is 23.1 Å². The number of anilines is 1. The van der Waals surface area contributed by atoms with Crippen LogP contribution in [0.3, 0.4) is 0 Å². The molecule has 1 N–H and O–H groups in total. The van der Waals surface area contributed by atoms with Crippen LogP contribution in [-0.2, 0) is 16.1 Å². The minimum Gasteiger partial charge on any atom is -0.497 e. The van der Waals surface area contributed by atoms with Crippen LogP contribution in [-0.4, -0.2) is 25.5 Å². The number of halogens is 1. The minimum absolute atomic E-state index is 0.0972. The summed E-state index contributed by atoms with van der Waals surface area (Å²) in [7, 11) is 1.57. The van der Waals surface area contributed by atoms with E-state index >= 15 is 0 Å². The molecule has 4 rings (SSSR count). The second kappa shape index (κ2) is 8.41. The van der Waals surface area contributed by atoms with Crippen molar-refractivity contribution in [1.29, 1.82) is 0 Å². The summed E-state index contributed by atoms with van der Waals surface area (Å²) in [5.74, 6) is 0.787. The number of hydrogen-bond donors (Lipinski definition) is 1. The lowest BCUT2D eigenvalue weighted by atomic mass is 10.1. The summed E-state index contributed by atoms with van der Waals surface area (Å²) in [5, 5.41) is 2.83. The highest BCUT2D eigenvalue weighted by atomic mass is 19.1. The monoisotopic (exact) mass is 408 g/mol. The Hall–Kier alpha value is -3.61. The lowest BCUT2D eigenvalue weighted by molar-refractivity contribution is -0.126. The van der Waals surface area contributed by atoms with Gasteiger partial charge in [-0.1, -0.05) is 6.07 Å². The standard InChI is InChI=1S/C23H21FN2O4/c1-29-19-4-2-3-18(12-19)26-14-16(11-22(26)27)23(28)25-13-20-9-10-21(30-20)15-5-7-17(24)8-6-15/h2-10,12,16H,11,13-14H2,1H3,(H,25,28)/t16-/m0/s1. The predicted octanol–water partition coefficient (Wildman–Crippen LogP) is 3.76. The van der Waals surface area contributed by atoms with E-state index in [0.29, 0.717) is 29.5 Å². The molecular weight excluding hydrogens is 387 g/mol. The van der Waals surface area contributed by atoms with E-state index < -0.39 is 5.92 Å². The van der Waals surface area contributed by atoms with Crippen molar-refractivity contribution in [2.75, 3.05) is 18.6 Å². The highest BCUT2D eigenvalue weighted by Gasteiger charge is 2.35. The van der Waals surface area contributed by atoms with Gasteiger partial charge in [-0.2, -0.15) is 0 Å². The van der Waals surface area contributed by atoms with Gasteiger partial charge in [0.2, 0.25) is 11.8 Å². The van der Waals surface area contributed by atoms with Crippen LogP contribution >= 0.6 is 0 Å². The van der Waals surface area contributed by atoms with E-state index in [-0.39, 0.29) is 30.6 Å². The Morgan fingerprint density at radius 3 is 2.77 bits per heavy atom. The van der Waals surface area contributed by atoms with Crippen LogP contribution in [0.1, 0.15) is 12.2 Å². The average Bonchev–Trinajstić information content (AvgIpc) is 3.39. The maximum Gasteiger partial charge on any atom is 0.227 e. The van der Waals surface area contributed by atoms with E-state index in [9.17, 15) is 14.0 Å². The van der Waals surface area contributed by atoms with E-state index in [1.165, 1.54) is 12.1 Å². The third kappa shape index (κ3) is 4.20. The molecule has 0 radical (unpaired) electrons. The van der Waals surface area contributed by atoms with Gasteiger partial charge in [-0.05, 0) is 48.5 Å². The molecular formula is C23H21FN2O4. The zero-order valence-electron chi connectivity index (χ0n) is 16.4. The number of benzene rings is 2. The highest BCUT2D eigenvalue weighted by molar-refractivity contribution is 6.00. The first-order valence-corrected chi connectivity index (χ1v) is 9.60. The first kappa shape index (κ1) is 19.7. The van der Waals surface area contributed by atoms with Gasteiger partial charge in [-0.3, -0.25) is 9.59 Å². The maximum absolute atomic E-state index is 13.1. The Bertz CT molecular complexity index is 1060. The molecule has 1 aromatic heterocycles. The van der Waals surface area contributed by atoms with Crippen molar-refractivity contribution in [2.45, 2.75) is 13.0 Å². The second-order valence-corrected chi connectivity index (χ2v) is 7.10. The molecule has 0 bridgehead atoms. The number of carbonyl (C=O) groups excluding carboxylic acids is 2. The molecule has 6 nitrogen and oxygen atoms in total. The van der Waals surface area contributed by atoms with Crippen molar-refractivity contribution in [3.05, 3.63) is 72.2 Å². The molecule has 154 valence electrons. The molecule has 2 heterocycles. The molecule has 3 aromatic rings. The van der Waals surface area contributed by atoms with E-state index in [1.807, 2.05) is 12.1 Å². The Labute approximate surface area is 173 Å². The summed E-state index contributed by atoms with van der Waals surface area (Å²) >= 11 is 0. The molecule has 2 amide bonds. The second-order valence-electron chi connectivity index (χ2n) is 7.10. The number of amides is 2. The van der Waals surface area contributed by atoms with Gasteiger partial charge in [-0.15, -0.1) is 0 Å². The van der Waals surface area contributed by atoms with Gasteiger partial charge in [0.05, 0.1) is 19.6 Å². The van der Waals surface area contributed by atoms with Crippen LogP contribution in [0.15, 0.2) is 65.1 Å². The normalized spacial score (nSPS) is 16.0. The molecule has 0 aliphatic carbocycles. The van der Waals surface area contributed by atoms with Gasteiger partial charge in [-0.25, -0.2) is 4.39 Å². The van der Waals surface area contributed by atoms with Gasteiger partial charge in [0.15, 0.2) is 0 Å². The number of furan rings is 1. The van der Waals surface area contributed by atoms with Gasteiger partial charge in [0, 0.05) is 30.3 Å². The maximum atomic E-state index is 13.1. The number of nitrogens with one attached hydrogen (secondary N) is 1. The Morgan fingerprint density at radius 2 is 2.00 bits per heavy atom. The van der Waals surface area contributed by atoms with Crippen LogP contribution in [0.2, 0.25) is 0 Å². The lowest BCUT2D eigenvalue weighted by Crippen LogP contribution is -2.32. The molecule has 30 heavy (non-hydrogen) atoms. The first-order valence-electron chi connectivity index (χ1n) is 9.60. The fourth-order valence-electron chi connectivity index (χ4n) is 3.47. The van der Waals surface area contributed by atoms with Crippen molar-refractivity contribution in [3.63, 3.8) is 0 Å². The quantitative estimate of drug-likeness (QED) is 0.674. The minimum atomic E-state index is -0.435. The van der Waals surface area contributed by atoms with Crippen LogP contribution in [0, 0.1) is 11.7 Å².